The van der Waals surface area contributed by atoms with Gasteiger partial charge >= 0.3 is 0 Å². The Morgan fingerprint density at radius 1 is 1.20 bits per heavy atom. The summed E-state index contributed by atoms with van der Waals surface area (Å²) in [4.78, 5) is 4.27. The number of pyridine rings is 1. The summed E-state index contributed by atoms with van der Waals surface area (Å²) in [6.07, 6.45) is 0. The minimum Gasteiger partial charge on any atom is -0.486 e. The monoisotopic (exact) mass is 311 g/mol. The second-order valence-electron chi connectivity index (χ2n) is 4.45. The molecule has 0 bridgehead atoms. The normalized spacial score (nSPS) is 11.3. The summed E-state index contributed by atoms with van der Waals surface area (Å²) in [5.41, 5.74) is 2.40. The minimum atomic E-state index is -3.84. The Bertz CT molecular complexity index is 729. The van der Waals surface area contributed by atoms with E-state index in [1.807, 2.05) is 25.1 Å². The number of halogens is 1. The second kappa shape index (κ2) is 5.81. The first-order valence-corrected chi connectivity index (χ1v) is 8.28. The summed E-state index contributed by atoms with van der Waals surface area (Å²) in [6.45, 7) is 3.85. The van der Waals surface area contributed by atoms with Crippen LogP contribution in [0.1, 0.15) is 17.0 Å². The molecule has 106 valence electrons. The van der Waals surface area contributed by atoms with Gasteiger partial charge in [-0.1, -0.05) is 12.1 Å². The van der Waals surface area contributed by atoms with Crippen molar-refractivity contribution in [3.8, 4) is 5.75 Å². The predicted molar refractivity (Wildman–Crippen MR) is 77.5 cm³/mol. The van der Waals surface area contributed by atoms with Crippen molar-refractivity contribution in [2.75, 3.05) is 0 Å². The molecule has 0 unspecified atom stereocenters. The summed E-state index contributed by atoms with van der Waals surface area (Å²) in [6, 6.07) is 10.4. The molecule has 0 amide bonds. The maximum absolute atomic E-state index is 11.5. The number of aryl methyl sites for hydroxylation is 2. The molecule has 0 fully saturated rings. The maximum atomic E-state index is 11.5. The van der Waals surface area contributed by atoms with Crippen LogP contribution in [0.25, 0.3) is 0 Å². The summed E-state index contributed by atoms with van der Waals surface area (Å²) in [7, 11) is 1.58. The SMILES string of the molecule is Cc1ccc(OCc2cccc(C)n2)c(S(=O)(=O)Cl)c1. The van der Waals surface area contributed by atoms with Crippen LogP contribution in [0.3, 0.4) is 0 Å². The van der Waals surface area contributed by atoms with Gasteiger partial charge in [0.2, 0.25) is 0 Å². The van der Waals surface area contributed by atoms with E-state index in [1.54, 1.807) is 19.1 Å². The van der Waals surface area contributed by atoms with Crippen molar-refractivity contribution in [1.29, 1.82) is 0 Å². The quantitative estimate of drug-likeness (QED) is 0.814. The van der Waals surface area contributed by atoms with Crippen LogP contribution in [-0.4, -0.2) is 13.4 Å². The average Bonchev–Trinajstić information content (AvgIpc) is 2.36. The standard InChI is InChI=1S/C14H14ClNO3S/c1-10-6-7-13(14(8-10)20(15,17)18)19-9-12-5-3-4-11(2)16-12/h3-8H,9H2,1-2H3. The van der Waals surface area contributed by atoms with Gasteiger partial charge < -0.3 is 4.74 Å². The fraction of sp³-hybridized carbons (Fsp3) is 0.214. The summed E-state index contributed by atoms with van der Waals surface area (Å²) in [5.74, 6) is 0.230. The summed E-state index contributed by atoms with van der Waals surface area (Å²) in [5, 5.41) is 0. The van der Waals surface area contributed by atoms with Crippen molar-refractivity contribution >= 4 is 19.7 Å². The molecule has 2 aromatic rings. The van der Waals surface area contributed by atoms with Gasteiger partial charge in [0, 0.05) is 16.4 Å². The van der Waals surface area contributed by atoms with Crippen LogP contribution in [0, 0.1) is 13.8 Å². The Balaban J connectivity index is 2.26. The van der Waals surface area contributed by atoms with E-state index in [0.717, 1.165) is 17.0 Å². The molecule has 0 spiro atoms. The van der Waals surface area contributed by atoms with Crippen LogP contribution >= 0.6 is 10.7 Å². The number of hydrogen-bond donors (Lipinski definition) is 0. The van der Waals surface area contributed by atoms with Crippen molar-refractivity contribution in [1.82, 2.24) is 4.98 Å². The molecule has 0 aliphatic rings. The zero-order valence-corrected chi connectivity index (χ0v) is 12.7. The van der Waals surface area contributed by atoms with Gasteiger partial charge in [0.25, 0.3) is 9.05 Å². The fourth-order valence-electron chi connectivity index (χ4n) is 1.76. The molecule has 2 rings (SSSR count). The third kappa shape index (κ3) is 3.71. The predicted octanol–water partition coefficient (Wildman–Crippen LogP) is 3.20. The van der Waals surface area contributed by atoms with Crippen LogP contribution in [-0.2, 0) is 15.7 Å². The van der Waals surface area contributed by atoms with Crippen LogP contribution in [0.15, 0.2) is 41.3 Å². The Hall–Kier alpha value is -1.59. The largest absolute Gasteiger partial charge is 0.486 e. The highest BCUT2D eigenvalue weighted by atomic mass is 35.7. The first kappa shape index (κ1) is 14.8. The van der Waals surface area contributed by atoms with Gasteiger partial charge in [-0.05, 0) is 43.7 Å². The molecule has 0 radical (unpaired) electrons. The highest BCUT2D eigenvalue weighted by molar-refractivity contribution is 8.13. The zero-order valence-electron chi connectivity index (χ0n) is 11.1. The van der Waals surface area contributed by atoms with E-state index in [4.69, 9.17) is 15.4 Å². The molecule has 1 aromatic carbocycles. The van der Waals surface area contributed by atoms with Gasteiger partial charge in [0.1, 0.15) is 17.3 Å². The second-order valence-corrected chi connectivity index (χ2v) is 6.98. The van der Waals surface area contributed by atoms with Gasteiger partial charge in [-0.3, -0.25) is 4.98 Å². The molecule has 20 heavy (non-hydrogen) atoms. The van der Waals surface area contributed by atoms with E-state index in [0.29, 0.717) is 0 Å². The molecule has 4 nitrogen and oxygen atoms in total. The Labute approximate surface area is 122 Å². The van der Waals surface area contributed by atoms with Crippen molar-refractivity contribution in [2.45, 2.75) is 25.3 Å². The van der Waals surface area contributed by atoms with Crippen molar-refractivity contribution < 1.29 is 13.2 Å². The first-order chi connectivity index (χ1) is 9.36. The smallest absolute Gasteiger partial charge is 0.264 e. The Morgan fingerprint density at radius 2 is 1.95 bits per heavy atom. The van der Waals surface area contributed by atoms with E-state index in [9.17, 15) is 8.42 Å². The lowest BCUT2D eigenvalue weighted by Crippen LogP contribution is -2.03. The maximum Gasteiger partial charge on any atom is 0.264 e. The minimum absolute atomic E-state index is 0.0215. The van der Waals surface area contributed by atoms with E-state index in [-0.39, 0.29) is 17.3 Å². The van der Waals surface area contributed by atoms with Crippen molar-refractivity contribution in [2.24, 2.45) is 0 Å². The molecule has 0 N–H and O–H groups in total. The topological polar surface area (TPSA) is 56.3 Å². The fourth-order valence-corrected chi connectivity index (χ4v) is 2.81. The lowest BCUT2D eigenvalue weighted by molar-refractivity contribution is 0.293. The van der Waals surface area contributed by atoms with Gasteiger partial charge in [0.05, 0.1) is 5.69 Å². The zero-order chi connectivity index (χ0) is 14.8. The Kier molecular flexibility index (Phi) is 4.30. The van der Waals surface area contributed by atoms with Crippen LogP contribution in [0.5, 0.6) is 5.75 Å². The highest BCUT2D eigenvalue weighted by Crippen LogP contribution is 2.28. The first-order valence-electron chi connectivity index (χ1n) is 5.97. The van der Waals surface area contributed by atoms with Crippen LogP contribution in [0.4, 0.5) is 0 Å². The molecule has 0 saturated carbocycles. The highest BCUT2D eigenvalue weighted by Gasteiger charge is 2.17. The molecule has 6 heteroatoms. The third-order valence-electron chi connectivity index (χ3n) is 2.68. The van der Waals surface area contributed by atoms with E-state index < -0.39 is 9.05 Å². The summed E-state index contributed by atoms with van der Waals surface area (Å²) < 4.78 is 28.6. The van der Waals surface area contributed by atoms with Gasteiger partial charge in [-0.2, -0.15) is 0 Å². The molecule has 0 aliphatic heterocycles. The van der Waals surface area contributed by atoms with Gasteiger partial charge in [-0.15, -0.1) is 0 Å². The van der Waals surface area contributed by atoms with E-state index in [1.165, 1.54) is 6.07 Å². The molecular formula is C14H14ClNO3S. The number of ether oxygens (including phenoxy) is 1. The van der Waals surface area contributed by atoms with E-state index in [2.05, 4.69) is 4.98 Å². The number of hydrogen-bond acceptors (Lipinski definition) is 4. The van der Waals surface area contributed by atoms with Crippen LogP contribution in [0.2, 0.25) is 0 Å². The molecule has 0 atom stereocenters. The van der Waals surface area contributed by atoms with Gasteiger partial charge in [0.15, 0.2) is 0 Å². The molecule has 0 aliphatic carbocycles. The van der Waals surface area contributed by atoms with E-state index >= 15 is 0 Å². The van der Waals surface area contributed by atoms with Gasteiger partial charge in [-0.25, -0.2) is 8.42 Å². The average molecular weight is 312 g/mol. The molecule has 1 aromatic heterocycles. The Morgan fingerprint density at radius 3 is 2.60 bits per heavy atom. The number of nitrogens with zero attached hydrogens (tertiary/aromatic N) is 1. The van der Waals surface area contributed by atoms with Crippen LogP contribution < -0.4 is 4.74 Å². The number of benzene rings is 1. The molecular weight excluding hydrogens is 298 g/mol. The summed E-state index contributed by atoms with van der Waals surface area (Å²) >= 11 is 0. The van der Waals surface area contributed by atoms with Crippen molar-refractivity contribution in [3.05, 3.63) is 53.3 Å². The molecule has 1 heterocycles. The molecule has 0 saturated heterocycles. The lowest BCUT2D eigenvalue weighted by Gasteiger charge is -2.10. The number of aromatic nitrogens is 1. The lowest BCUT2D eigenvalue weighted by atomic mass is 10.2. The number of rotatable bonds is 4. The van der Waals surface area contributed by atoms with Crippen molar-refractivity contribution in [3.63, 3.8) is 0 Å². The third-order valence-corrected chi connectivity index (χ3v) is 4.03.